The molecule has 0 bridgehead atoms. The van der Waals surface area contributed by atoms with Gasteiger partial charge in [-0.05, 0) is 53.6 Å². The molecule has 1 aromatic heterocycles. The van der Waals surface area contributed by atoms with E-state index in [1.54, 1.807) is 0 Å². The number of piperidine rings is 1. The number of aromatic nitrogens is 2. The molecule has 1 amide bonds. The number of nitrogens with zero attached hydrogens (tertiary/aromatic N) is 3. The number of hydrogen-bond acceptors (Lipinski definition) is 5. The molecule has 1 atom stereocenters. The molecule has 3 rings (SSSR count). The third kappa shape index (κ3) is 4.48. The van der Waals surface area contributed by atoms with Crippen LogP contribution >= 0.6 is 0 Å². The van der Waals surface area contributed by atoms with Crippen molar-refractivity contribution in [2.45, 2.75) is 58.4 Å². The van der Waals surface area contributed by atoms with E-state index in [1.165, 1.54) is 0 Å². The Morgan fingerprint density at radius 3 is 2.64 bits per heavy atom. The fraction of sp³-hybridized carbons (Fsp3) is 0.737. The first-order chi connectivity index (χ1) is 11.8. The average molecular weight is 345 g/mol. The van der Waals surface area contributed by atoms with Gasteiger partial charge in [0.2, 0.25) is 5.91 Å². The van der Waals surface area contributed by atoms with Crippen LogP contribution in [0.25, 0.3) is 0 Å². The quantitative estimate of drug-likeness (QED) is 0.876. The molecule has 0 saturated carbocycles. The van der Waals surface area contributed by atoms with Gasteiger partial charge in [-0.1, -0.05) is 0 Å². The number of amides is 1. The average Bonchev–Trinajstić information content (AvgIpc) is 2.94. The Bertz CT molecular complexity index is 619. The lowest BCUT2D eigenvalue weighted by Crippen LogP contribution is -2.42. The number of nitrogens with one attached hydrogen (secondary N) is 2. The fourth-order valence-electron chi connectivity index (χ4n) is 3.82. The second kappa shape index (κ2) is 7.28. The molecule has 2 saturated heterocycles. The first kappa shape index (κ1) is 18.1. The van der Waals surface area contributed by atoms with Gasteiger partial charge in [-0.25, -0.2) is 9.97 Å². The fourth-order valence-corrected chi connectivity index (χ4v) is 3.82. The predicted molar refractivity (Wildman–Crippen MR) is 99.7 cm³/mol. The van der Waals surface area contributed by atoms with Crippen LogP contribution in [0.15, 0.2) is 6.07 Å². The summed E-state index contributed by atoms with van der Waals surface area (Å²) in [6.45, 7) is 12.0. The highest BCUT2D eigenvalue weighted by atomic mass is 16.2. The summed E-state index contributed by atoms with van der Waals surface area (Å²) in [7, 11) is 0. The summed E-state index contributed by atoms with van der Waals surface area (Å²) in [5.74, 6) is 2.82. The van der Waals surface area contributed by atoms with Crippen LogP contribution in [0.3, 0.4) is 0 Å². The third-order valence-corrected chi connectivity index (χ3v) is 5.20. The SMILES string of the molecule is Cc1nc(NCC2CC(=O)N(C(C)(C)C)C2)cc(C2CCNCC2)n1. The van der Waals surface area contributed by atoms with Crippen molar-refractivity contribution in [1.29, 1.82) is 0 Å². The largest absolute Gasteiger partial charge is 0.370 e. The van der Waals surface area contributed by atoms with Gasteiger partial charge >= 0.3 is 0 Å². The Kier molecular flexibility index (Phi) is 5.27. The summed E-state index contributed by atoms with van der Waals surface area (Å²) < 4.78 is 0. The van der Waals surface area contributed by atoms with Gasteiger partial charge in [0.25, 0.3) is 0 Å². The lowest BCUT2D eigenvalue weighted by Gasteiger charge is -2.32. The van der Waals surface area contributed by atoms with Gasteiger partial charge in [-0.15, -0.1) is 0 Å². The normalized spacial score (nSPS) is 22.5. The van der Waals surface area contributed by atoms with E-state index < -0.39 is 0 Å². The van der Waals surface area contributed by atoms with Gasteiger partial charge in [-0.2, -0.15) is 0 Å². The number of carbonyl (C=O) groups excluding carboxylic acids is 1. The predicted octanol–water partition coefficient (Wildman–Crippen LogP) is 2.31. The summed E-state index contributed by atoms with van der Waals surface area (Å²) in [5.41, 5.74) is 1.05. The number of aryl methyl sites for hydroxylation is 1. The Morgan fingerprint density at radius 2 is 2.00 bits per heavy atom. The summed E-state index contributed by atoms with van der Waals surface area (Å²) in [4.78, 5) is 23.4. The van der Waals surface area contributed by atoms with E-state index in [9.17, 15) is 4.79 Å². The molecular weight excluding hydrogens is 314 g/mol. The van der Waals surface area contributed by atoms with Gasteiger partial charge in [0, 0.05) is 48.6 Å². The van der Waals surface area contributed by atoms with E-state index in [2.05, 4.69) is 47.4 Å². The highest BCUT2D eigenvalue weighted by Crippen LogP contribution is 2.27. The second-order valence-corrected chi connectivity index (χ2v) is 8.38. The van der Waals surface area contributed by atoms with E-state index >= 15 is 0 Å². The lowest BCUT2D eigenvalue weighted by molar-refractivity contribution is -0.131. The van der Waals surface area contributed by atoms with Crippen LogP contribution in [0.5, 0.6) is 0 Å². The summed E-state index contributed by atoms with van der Waals surface area (Å²) >= 11 is 0. The maximum Gasteiger partial charge on any atom is 0.223 e. The van der Waals surface area contributed by atoms with Crippen molar-refractivity contribution in [3.05, 3.63) is 17.6 Å². The van der Waals surface area contributed by atoms with Crippen LogP contribution in [-0.2, 0) is 4.79 Å². The molecule has 3 heterocycles. The Hall–Kier alpha value is -1.69. The minimum atomic E-state index is -0.0977. The third-order valence-electron chi connectivity index (χ3n) is 5.20. The molecule has 25 heavy (non-hydrogen) atoms. The molecule has 2 fully saturated rings. The van der Waals surface area contributed by atoms with E-state index in [-0.39, 0.29) is 11.4 Å². The number of carbonyl (C=O) groups is 1. The zero-order valence-corrected chi connectivity index (χ0v) is 15.9. The van der Waals surface area contributed by atoms with Crippen molar-refractivity contribution < 1.29 is 4.79 Å². The molecule has 0 aromatic carbocycles. The van der Waals surface area contributed by atoms with Gasteiger partial charge in [0.05, 0.1) is 0 Å². The first-order valence-corrected chi connectivity index (χ1v) is 9.43. The molecule has 0 spiro atoms. The van der Waals surface area contributed by atoms with Crippen LogP contribution in [-0.4, -0.2) is 52.5 Å². The van der Waals surface area contributed by atoms with Crippen molar-refractivity contribution in [3.8, 4) is 0 Å². The molecular formula is C19H31N5O. The van der Waals surface area contributed by atoms with Gasteiger partial charge < -0.3 is 15.5 Å². The zero-order valence-electron chi connectivity index (χ0n) is 15.9. The standard InChI is InChI=1S/C19H31N5O/c1-13-22-16(15-5-7-20-8-6-15)10-17(23-13)21-11-14-9-18(25)24(12-14)19(2,3)4/h10,14-15,20H,5-9,11-12H2,1-4H3,(H,21,22,23). The summed E-state index contributed by atoms with van der Waals surface area (Å²) in [5, 5.41) is 6.85. The van der Waals surface area contributed by atoms with Crippen LogP contribution < -0.4 is 10.6 Å². The number of hydrogen-bond donors (Lipinski definition) is 2. The zero-order chi connectivity index (χ0) is 18.0. The number of anilines is 1. The number of likely N-dealkylation sites (tertiary alicyclic amines) is 1. The van der Waals surface area contributed by atoms with Crippen molar-refractivity contribution in [1.82, 2.24) is 20.2 Å². The van der Waals surface area contributed by atoms with Crippen LogP contribution in [0, 0.1) is 12.8 Å². The number of rotatable bonds is 4. The molecule has 2 aliphatic heterocycles. The molecule has 2 N–H and O–H groups in total. The minimum absolute atomic E-state index is 0.0977. The topological polar surface area (TPSA) is 70.2 Å². The maximum atomic E-state index is 12.2. The molecule has 0 aliphatic carbocycles. The van der Waals surface area contributed by atoms with Crippen LogP contribution in [0.4, 0.5) is 5.82 Å². The van der Waals surface area contributed by atoms with Crippen LogP contribution in [0.2, 0.25) is 0 Å². The Morgan fingerprint density at radius 1 is 1.28 bits per heavy atom. The molecule has 6 heteroatoms. The molecule has 0 radical (unpaired) electrons. The van der Waals surface area contributed by atoms with Crippen molar-refractivity contribution >= 4 is 11.7 Å². The molecule has 138 valence electrons. The Balaban J connectivity index is 1.62. The van der Waals surface area contributed by atoms with E-state index in [0.717, 1.165) is 56.4 Å². The summed E-state index contributed by atoms with van der Waals surface area (Å²) in [6.07, 6.45) is 2.89. The second-order valence-electron chi connectivity index (χ2n) is 8.38. The highest BCUT2D eigenvalue weighted by molar-refractivity contribution is 5.79. The van der Waals surface area contributed by atoms with Crippen LogP contribution in [0.1, 0.15) is 57.5 Å². The van der Waals surface area contributed by atoms with Crippen molar-refractivity contribution in [2.24, 2.45) is 5.92 Å². The van der Waals surface area contributed by atoms with Gasteiger partial charge in [-0.3, -0.25) is 4.79 Å². The minimum Gasteiger partial charge on any atom is -0.370 e. The van der Waals surface area contributed by atoms with Crippen molar-refractivity contribution in [3.63, 3.8) is 0 Å². The van der Waals surface area contributed by atoms with E-state index in [4.69, 9.17) is 0 Å². The lowest BCUT2D eigenvalue weighted by atomic mass is 9.94. The molecule has 1 unspecified atom stereocenters. The van der Waals surface area contributed by atoms with Gasteiger partial charge in [0.15, 0.2) is 0 Å². The monoisotopic (exact) mass is 345 g/mol. The van der Waals surface area contributed by atoms with Crippen molar-refractivity contribution in [2.75, 3.05) is 31.5 Å². The van der Waals surface area contributed by atoms with E-state index in [0.29, 0.717) is 18.3 Å². The first-order valence-electron chi connectivity index (χ1n) is 9.43. The van der Waals surface area contributed by atoms with E-state index in [1.807, 2.05) is 11.8 Å². The maximum absolute atomic E-state index is 12.2. The van der Waals surface area contributed by atoms with Gasteiger partial charge in [0.1, 0.15) is 11.6 Å². The molecule has 1 aromatic rings. The molecule has 6 nitrogen and oxygen atoms in total. The highest BCUT2D eigenvalue weighted by Gasteiger charge is 2.35. The smallest absolute Gasteiger partial charge is 0.223 e. The Labute approximate surface area is 150 Å². The molecule has 2 aliphatic rings. The summed E-state index contributed by atoms with van der Waals surface area (Å²) in [6, 6.07) is 2.10.